The minimum absolute atomic E-state index is 0.308. The molecule has 0 spiro atoms. The number of nitrogens with one attached hydrogen (secondary N) is 3. The summed E-state index contributed by atoms with van der Waals surface area (Å²) in [7, 11) is 1.55. The molecule has 4 rings (SSSR count). The topological polar surface area (TPSA) is 79.5 Å². The number of fused-ring (bicyclic) bond motifs is 1. The highest BCUT2D eigenvalue weighted by atomic mass is 16.5. The van der Waals surface area contributed by atoms with Gasteiger partial charge in [0.1, 0.15) is 5.75 Å². The second-order valence-electron chi connectivity index (χ2n) is 6.83. The SMILES string of the molecule is COc1ccccc1NC(=O)C1=C(C)NC(=O)N[C@@H]1c1ccc2ccccc2c1. The summed E-state index contributed by atoms with van der Waals surface area (Å²) in [4.78, 5) is 25.3. The van der Waals surface area contributed by atoms with E-state index in [1.165, 1.54) is 0 Å². The second kappa shape index (κ2) is 7.67. The van der Waals surface area contributed by atoms with E-state index in [0.717, 1.165) is 16.3 Å². The van der Waals surface area contributed by atoms with Crippen molar-refractivity contribution in [1.82, 2.24) is 10.6 Å². The zero-order valence-electron chi connectivity index (χ0n) is 16.2. The van der Waals surface area contributed by atoms with Gasteiger partial charge in [-0.05, 0) is 41.5 Å². The largest absolute Gasteiger partial charge is 0.495 e. The van der Waals surface area contributed by atoms with Crippen LogP contribution in [0.5, 0.6) is 5.75 Å². The molecule has 0 radical (unpaired) electrons. The first-order valence-electron chi connectivity index (χ1n) is 9.28. The fourth-order valence-corrected chi connectivity index (χ4v) is 3.57. The van der Waals surface area contributed by atoms with Crippen LogP contribution in [0.2, 0.25) is 0 Å². The summed E-state index contributed by atoms with van der Waals surface area (Å²) >= 11 is 0. The molecule has 0 saturated carbocycles. The van der Waals surface area contributed by atoms with E-state index in [2.05, 4.69) is 16.0 Å². The molecular formula is C23H21N3O3. The van der Waals surface area contributed by atoms with Gasteiger partial charge in [-0.3, -0.25) is 4.79 Å². The van der Waals surface area contributed by atoms with Crippen LogP contribution in [0.1, 0.15) is 18.5 Å². The Bertz CT molecular complexity index is 1140. The summed E-state index contributed by atoms with van der Waals surface area (Å²) in [6, 6.07) is 20.2. The normalized spacial score (nSPS) is 16.2. The number of benzene rings is 3. The summed E-state index contributed by atoms with van der Waals surface area (Å²) in [5, 5.41) is 10.6. The number of carbonyl (C=O) groups excluding carboxylic acids is 2. The Hall–Kier alpha value is -3.80. The molecule has 6 nitrogen and oxygen atoms in total. The van der Waals surface area contributed by atoms with Crippen molar-refractivity contribution in [2.75, 3.05) is 12.4 Å². The maximum absolute atomic E-state index is 13.2. The summed E-state index contributed by atoms with van der Waals surface area (Å²) in [6.07, 6.45) is 0. The lowest BCUT2D eigenvalue weighted by molar-refractivity contribution is -0.113. The maximum Gasteiger partial charge on any atom is 0.319 e. The van der Waals surface area contributed by atoms with Crippen molar-refractivity contribution in [3.63, 3.8) is 0 Å². The Kier molecular flexibility index (Phi) is 4.91. The fraction of sp³-hybridized carbons (Fsp3) is 0.130. The molecule has 1 heterocycles. The van der Waals surface area contributed by atoms with Gasteiger partial charge in [0.15, 0.2) is 0 Å². The molecule has 0 aliphatic carbocycles. The predicted molar refractivity (Wildman–Crippen MR) is 113 cm³/mol. The number of allylic oxidation sites excluding steroid dienone is 1. The lowest BCUT2D eigenvalue weighted by Crippen LogP contribution is -2.46. The fourth-order valence-electron chi connectivity index (χ4n) is 3.57. The summed E-state index contributed by atoms with van der Waals surface area (Å²) in [5.41, 5.74) is 2.36. The molecule has 146 valence electrons. The summed E-state index contributed by atoms with van der Waals surface area (Å²) < 4.78 is 5.32. The van der Waals surface area contributed by atoms with E-state index in [-0.39, 0.29) is 11.9 Å². The quantitative estimate of drug-likeness (QED) is 0.630. The number of hydrogen-bond acceptors (Lipinski definition) is 3. The van der Waals surface area contributed by atoms with Crippen molar-refractivity contribution in [3.05, 3.63) is 83.6 Å². The molecule has 3 amide bonds. The van der Waals surface area contributed by atoms with Gasteiger partial charge in [0.05, 0.1) is 24.4 Å². The van der Waals surface area contributed by atoms with Crippen LogP contribution < -0.4 is 20.7 Å². The van der Waals surface area contributed by atoms with Crippen molar-refractivity contribution in [3.8, 4) is 5.75 Å². The first-order valence-corrected chi connectivity index (χ1v) is 9.28. The monoisotopic (exact) mass is 387 g/mol. The molecule has 1 aliphatic heterocycles. The van der Waals surface area contributed by atoms with E-state index < -0.39 is 6.04 Å². The first kappa shape index (κ1) is 18.6. The highest BCUT2D eigenvalue weighted by Gasteiger charge is 2.31. The van der Waals surface area contributed by atoms with Crippen LogP contribution in [0, 0.1) is 0 Å². The Balaban J connectivity index is 1.72. The Labute approximate surface area is 168 Å². The lowest BCUT2D eigenvalue weighted by atomic mass is 9.93. The highest BCUT2D eigenvalue weighted by molar-refractivity contribution is 6.07. The molecule has 0 aromatic heterocycles. The number of anilines is 1. The molecule has 3 N–H and O–H groups in total. The third kappa shape index (κ3) is 3.65. The van der Waals surface area contributed by atoms with Crippen LogP contribution in [0.15, 0.2) is 78.0 Å². The van der Waals surface area contributed by atoms with Gasteiger partial charge in [-0.15, -0.1) is 0 Å². The van der Waals surface area contributed by atoms with Crippen molar-refractivity contribution >= 4 is 28.4 Å². The lowest BCUT2D eigenvalue weighted by Gasteiger charge is -2.29. The van der Waals surface area contributed by atoms with E-state index >= 15 is 0 Å². The average Bonchev–Trinajstić information content (AvgIpc) is 2.73. The van der Waals surface area contributed by atoms with Gasteiger partial charge >= 0.3 is 6.03 Å². The number of hydrogen-bond donors (Lipinski definition) is 3. The minimum atomic E-state index is -0.567. The van der Waals surface area contributed by atoms with Crippen molar-refractivity contribution in [2.24, 2.45) is 0 Å². The highest BCUT2D eigenvalue weighted by Crippen LogP contribution is 2.31. The average molecular weight is 387 g/mol. The molecule has 3 aromatic rings. The number of carbonyl (C=O) groups is 2. The van der Waals surface area contributed by atoms with Crippen molar-refractivity contribution in [2.45, 2.75) is 13.0 Å². The third-order valence-electron chi connectivity index (χ3n) is 4.98. The van der Waals surface area contributed by atoms with E-state index in [9.17, 15) is 9.59 Å². The number of methoxy groups -OCH3 is 1. The summed E-state index contributed by atoms with van der Waals surface area (Å²) in [6.45, 7) is 1.73. The van der Waals surface area contributed by atoms with Gasteiger partial charge in [0.2, 0.25) is 0 Å². The predicted octanol–water partition coefficient (Wildman–Crippen LogP) is 4.12. The van der Waals surface area contributed by atoms with Crippen LogP contribution in [-0.2, 0) is 4.79 Å². The van der Waals surface area contributed by atoms with Crippen LogP contribution in [0.25, 0.3) is 10.8 Å². The van der Waals surface area contributed by atoms with Crippen molar-refractivity contribution < 1.29 is 14.3 Å². The third-order valence-corrected chi connectivity index (χ3v) is 4.98. The molecule has 0 unspecified atom stereocenters. The zero-order valence-corrected chi connectivity index (χ0v) is 16.2. The number of ether oxygens (including phenoxy) is 1. The molecule has 29 heavy (non-hydrogen) atoms. The van der Waals surface area contributed by atoms with Crippen LogP contribution in [0.4, 0.5) is 10.5 Å². The van der Waals surface area contributed by atoms with Gasteiger partial charge in [0.25, 0.3) is 5.91 Å². The number of amides is 3. The zero-order chi connectivity index (χ0) is 20.4. The van der Waals surface area contributed by atoms with Gasteiger partial charge in [-0.25, -0.2) is 4.79 Å². The van der Waals surface area contributed by atoms with Crippen LogP contribution in [-0.4, -0.2) is 19.0 Å². The molecule has 0 saturated heterocycles. The standard InChI is InChI=1S/C23H21N3O3/c1-14-20(22(27)25-18-9-5-6-10-19(18)29-2)21(26-23(28)24-14)17-12-11-15-7-3-4-8-16(15)13-17/h3-13,21H,1-2H3,(H,25,27)(H2,24,26,28)/t21-/m1/s1. The molecular weight excluding hydrogens is 366 g/mol. The first-order chi connectivity index (χ1) is 14.1. The number of para-hydroxylation sites is 2. The molecule has 3 aromatic carbocycles. The van der Waals surface area contributed by atoms with Crippen LogP contribution >= 0.6 is 0 Å². The molecule has 1 atom stereocenters. The Morgan fingerprint density at radius 3 is 2.52 bits per heavy atom. The van der Waals surface area contributed by atoms with Gasteiger partial charge in [-0.1, -0.05) is 48.5 Å². The van der Waals surface area contributed by atoms with Crippen LogP contribution in [0.3, 0.4) is 0 Å². The summed E-state index contributed by atoms with van der Waals surface area (Å²) in [5.74, 6) is 0.256. The van der Waals surface area contributed by atoms with E-state index in [1.807, 2.05) is 54.6 Å². The van der Waals surface area contributed by atoms with E-state index in [4.69, 9.17) is 4.74 Å². The Morgan fingerprint density at radius 2 is 1.72 bits per heavy atom. The number of urea groups is 1. The second-order valence-corrected chi connectivity index (χ2v) is 6.83. The molecule has 0 bridgehead atoms. The van der Waals surface area contributed by atoms with Gasteiger partial charge in [-0.2, -0.15) is 0 Å². The molecule has 1 aliphatic rings. The molecule has 0 fully saturated rings. The smallest absolute Gasteiger partial charge is 0.319 e. The van der Waals surface area contributed by atoms with Gasteiger partial charge in [0, 0.05) is 5.70 Å². The maximum atomic E-state index is 13.2. The van der Waals surface area contributed by atoms with Crippen molar-refractivity contribution in [1.29, 1.82) is 0 Å². The van der Waals surface area contributed by atoms with Gasteiger partial charge < -0.3 is 20.7 Å². The van der Waals surface area contributed by atoms with E-state index in [0.29, 0.717) is 22.7 Å². The van der Waals surface area contributed by atoms with E-state index in [1.54, 1.807) is 26.2 Å². The molecule has 6 heteroatoms. The Morgan fingerprint density at radius 1 is 1.00 bits per heavy atom. The minimum Gasteiger partial charge on any atom is -0.495 e. The number of rotatable bonds is 4.